The summed E-state index contributed by atoms with van der Waals surface area (Å²) in [6, 6.07) is 47.9. The normalized spacial score (nSPS) is 14.0. The third kappa shape index (κ3) is 8.72. The molecule has 0 saturated carbocycles. The maximum atomic E-state index is 9.48. The van der Waals surface area contributed by atoms with Crippen molar-refractivity contribution in [1.29, 1.82) is 0 Å². The van der Waals surface area contributed by atoms with Crippen LogP contribution in [0.1, 0.15) is 103 Å². The van der Waals surface area contributed by atoms with Crippen molar-refractivity contribution in [3.63, 3.8) is 0 Å². The van der Waals surface area contributed by atoms with Crippen molar-refractivity contribution < 1.29 is 32.7 Å². The Kier molecular flexibility index (Phi) is 11.3. The van der Waals surface area contributed by atoms with Gasteiger partial charge in [-0.3, -0.25) is 0 Å². The van der Waals surface area contributed by atoms with E-state index in [1.165, 1.54) is 36.9 Å². The Morgan fingerprint density at radius 2 is 1.21 bits per heavy atom. The van der Waals surface area contributed by atoms with Crippen molar-refractivity contribution in [3.05, 3.63) is 210 Å². The number of hydrogen-bond donors (Lipinski definition) is 0. The molecule has 0 spiro atoms. The van der Waals surface area contributed by atoms with E-state index in [0.717, 1.165) is 66.8 Å². The molecule has 5 nitrogen and oxygen atoms in total. The zero-order valence-corrected chi connectivity index (χ0v) is 48.2. The largest absolute Gasteiger partial charge is 0.509 e. The molecular formula is C69H63N4OPtS-3. The van der Waals surface area contributed by atoms with Crippen LogP contribution < -0.4 is 14.5 Å². The molecule has 0 atom stereocenters. The number of benzene rings is 8. The van der Waals surface area contributed by atoms with Crippen molar-refractivity contribution in [1.82, 2.24) is 9.55 Å². The molecule has 0 saturated heterocycles. The smallest absolute Gasteiger partial charge is 0.135 e. The van der Waals surface area contributed by atoms with E-state index in [4.69, 9.17) is 13.8 Å². The molecule has 12 rings (SSSR count). The third-order valence-corrected chi connectivity index (χ3v) is 16.4. The maximum Gasteiger partial charge on any atom is 0.135 e. The second-order valence-electron chi connectivity index (χ2n) is 23.1. The summed E-state index contributed by atoms with van der Waals surface area (Å²) in [6.45, 7) is 28.3. The molecule has 0 bridgehead atoms. The Labute approximate surface area is 474 Å². The standard InChI is InChI=1S/C69H63N4OS.Pt/c1-42-43(2)62(45-21-14-13-15-22-45)65(63(44(42)3)46-35-48(68(7,8)9)37-49(36-46)69(10,11)12)72-41-71(56-26-17-18-27-57(56)72)50-23-20-24-51(39-50)74-52-29-30-55-59(40-52)73(61-38-47(33-34-70-61)67(4,5)6)58-32-31-54-53-25-16-19-28-60(53)75-66(54)64(55)58;/h13-38,41H,1-12H3;/q-3;/i13D,14D,15D,21D,22D;. The van der Waals surface area contributed by atoms with Crippen molar-refractivity contribution in [3.8, 4) is 39.6 Å². The molecule has 0 radical (unpaired) electrons. The zero-order chi connectivity index (χ0) is 56.6. The molecule has 0 aliphatic carbocycles. The van der Waals surface area contributed by atoms with E-state index in [9.17, 15) is 2.74 Å². The topological polar surface area (TPSA) is 33.5 Å². The second-order valence-corrected chi connectivity index (χ2v) is 24.2. The van der Waals surface area contributed by atoms with E-state index in [0.29, 0.717) is 28.4 Å². The average molecular weight is 1200 g/mol. The third-order valence-electron chi connectivity index (χ3n) is 15.2. The number of rotatable bonds is 7. The van der Waals surface area contributed by atoms with Gasteiger partial charge in [0, 0.05) is 92.6 Å². The summed E-state index contributed by atoms with van der Waals surface area (Å²) >= 11 is 1.81. The number of ether oxygens (including phenoxy) is 1. The molecule has 76 heavy (non-hydrogen) atoms. The van der Waals surface area contributed by atoms with Crippen LogP contribution in [-0.4, -0.2) is 9.55 Å². The van der Waals surface area contributed by atoms with E-state index >= 15 is 0 Å². The minimum atomic E-state index is -0.432. The molecule has 3 aromatic heterocycles. The summed E-state index contributed by atoms with van der Waals surface area (Å²) in [7, 11) is 0. The first-order valence-electron chi connectivity index (χ1n) is 28.3. The molecule has 8 aromatic carbocycles. The number of fused-ring (bicyclic) bond motifs is 8. The Hall–Kier alpha value is -6.98. The number of hydrogen-bond acceptors (Lipinski definition) is 5. The average Bonchev–Trinajstić information content (AvgIpc) is 4.35. The first-order chi connectivity index (χ1) is 37.9. The van der Waals surface area contributed by atoms with Crippen LogP contribution in [0, 0.1) is 39.6 Å². The van der Waals surface area contributed by atoms with Crippen molar-refractivity contribution in [2.45, 2.75) is 99.3 Å². The predicted octanol–water partition coefficient (Wildman–Crippen LogP) is 19.5. The molecule has 0 unspecified atom stereocenters. The zero-order valence-electron chi connectivity index (χ0n) is 50.1. The van der Waals surface area contributed by atoms with Gasteiger partial charge in [-0.15, -0.1) is 59.4 Å². The van der Waals surface area contributed by atoms with Crippen molar-refractivity contribution >= 4 is 76.1 Å². The summed E-state index contributed by atoms with van der Waals surface area (Å²) in [4.78, 5) is 9.21. The van der Waals surface area contributed by atoms with Crippen LogP contribution in [0.25, 0.3) is 70.0 Å². The first kappa shape index (κ1) is 45.2. The fourth-order valence-electron chi connectivity index (χ4n) is 10.8. The van der Waals surface area contributed by atoms with Gasteiger partial charge in [-0.25, -0.2) is 4.98 Å². The van der Waals surface area contributed by atoms with Crippen LogP contribution in [0.2, 0.25) is 0 Å². The fourth-order valence-corrected chi connectivity index (χ4v) is 12.0. The predicted molar refractivity (Wildman–Crippen MR) is 318 cm³/mol. The van der Waals surface area contributed by atoms with Gasteiger partial charge in [-0.2, -0.15) is 12.1 Å². The van der Waals surface area contributed by atoms with E-state index in [-0.39, 0.29) is 67.0 Å². The Balaban J connectivity index is 0.00000690. The Bertz CT molecular complexity index is 4330. The van der Waals surface area contributed by atoms with Crippen LogP contribution in [0.4, 0.5) is 22.7 Å². The van der Waals surface area contributed by atoms with E-state index < -0.39 is 6.04 Å². The van der Waals surface area contributed by atoms with Gasteiger partial charge in [-0.05, 0) is 123 Å². The van der Waals surface area contributed by atoms with Gasteiger partial charge in [0.05, 0.1) is 6.85 Å². The van der Waals surface area contributed by atoms with Gasteiger partial charge in [0.25, 0.3) is 0 Å². The summed E-state index contributed by atoms with van der Waals surface area (Å²) in [5.41, 5.74) is 13.5. The van der Waals surface area contributed by atoms with E-state index in [1.807, 2.05) is 67.5 Å². The SMILES string of the molecule is [2H]c1c([2H])c([2H])c(-c2c(C)c(C)c(C)c(-c3cc(C(C)(C)C)cc(C(C)(C)C)c3)c2N2[CH-]N(c3[c-]c(Oc4[c-]c5c(cc4)c4c6sc7ccccc7c6ccc4n5-c4cc(C(C)(C)C)ccn4)ccc3)c3ccccc32)c([2H])c1[2H].[Pt]. The van der Waals surface area contributed by atoms with E-state index in [1.54, 1.807) is 0 Å². The number of aromatic nitrogens is 2. The van der Waals surface area contributed by atoms with Gasteiger partial charge in [0.15, 0.2) is 0 Å². The Morgan fingerprint density at radius 1 is 0.579 bits per heavy atom. The molecule has 384 valence electrons. The molecule has 11 aromatic rings. The van der Waals surface area contributed by atoms with Crippen molar-refractivity contribution in [2.24, 2.45) is 0 Å². The van der Waals surface area contributed by atoms with Crippen molar-refractivity contribution in [2.75, 3.05) is 9.80 Å². The minimum absolute atomic E-state index is 0. The molecule has 7 heteroatoms. The number of nitrogens with zero attached hydrogens (tertiary/aromatic N) is 4. The monoisotopic (exact) mass is 1200 g/mol. The van der Waals surface area contributed by atoms with E-state index in [2.05, 4.69) is 188 Å². The number of pyridine rings is 1. The van der Waals surface area contributed by atoms with Crippen LogP contribution in [0.5, 0.6) is 11.5 Å². The fraction of sp³-hybridized carbons (Fsp3) is 0.217. The molecular weight excluding hydrogens is 1130 g/mol. The van der Waals surface area contributed by atoms with Gasteiger partial charge in [0.2, 0.25) is 0 Å². The number of anilines is 4. The van der Waals surface area contributed by atoms with Gasteiger partial charge < -0.3 is 19.1 Å². The molecule has 1 aliphatic rings. The van der Waals surface area contributed by atoms with Crippen LogP contribution in [-0.2, 0) is 37.3 Å². The summed E-state index contributed by atoms with van der Waals surface area (Å²) in [5, 5.41) is 4.66. The van der Waals surface area contributed by atoms with Crippen LogP contribution >= 0.6 is 11.3 Å². The summed E-state index contributed by atoms with van der Waals surface area (Å²) in [6.07, 6.45) is 1.90. The van der Waals surface area contributed by atoms with Gasteiger partial charge >= 0.3 is 0 Å². The van der Waals surface area contributed by atoms with Gasteiger partial charge in [-0.1, -0.05) is 153 Å². The van der Waals surface area contributed by atoms with Crippen LogP contribution in [0.15, 0.2) is 158 Å². The second kappa shape index (κ2) is 18.9. The number of para-hydroxylation sites is 2. The minimum Gasteiger partial charge on any atom is -0.509 e. The molecule has 0 amide bonds. The molecule has 0 fully saturated rings. The maximum absolute atomic E-state index is 9.48. The Morgan fingerprint density at radius 3 is 1.91 bits per heavy atom. The first-order valence-corrected chi connectivity index (χ1v) is 26.6. The summed E-state index contributed by atoms with van der Waals surface area (Å²) in [5.74, 6) is 1.81. The number of thiophene rings is 1. The van der Waals surface area contributed by atoms with Crippen LogP contribution in [0.3, 0.4) is 0 Å². The molecule has 1 aliphatic heterocycles. The quantitative estimate of drug-likeness (QED) is 0.149. The molecule has 0 N–H and O–H groups in total. The summed E-state index contributed by atoms with van der Waals surface area (Å²) < 4.78 is 57.0. The molecule has 4 heterocycles. The van der Waals surface area contributed by atoms with Gasteiger partial charge in [0.1, 0.15) is 5.82 Å².